The van der Waals surface area contributed by atoms with Crippen LogP contribution < -0.4 is 4.74 Å². The molecule has 0 N–H and O–H groups in total. The lowest BCUT2D eigenvalue weighted by Gasteiger charge is -2.06. The Morgan fingerprint density at radius 3 is 2.53 bits per heavy atom. The lowest BCUT2D eigenvalue weighted by atomic mass is 10.2. The third-order valence-electron chi connectivity index (χ3n) is 5.02. The second-order valence-corrected chi connectivity index (χ2v) is 8.51. The summed E-state index contributed by atoms with van der Waals surface area (Å²) in [6, 6.07) is 26.0. The van der Waals surface area contributed by atoms with Crippen molar-refractivity contribution in [1.82, 2.24) is 4.98 Å². The summed E-state index contributed by atoms with van der Waals surface area (Å²) in [5, 5.41) is 0. The molecule has 0 amide bonds. The number of carbonyl (C=O) groups is 1. The Balaban J connectivity index is 1.30. The first kappa shape index (κ1) is 22.0. The van der Waals surface area contributed by atoms with E-state index in [2.05, 4.69) is 32.6 Å². The van der Waals surface area contributed by atoms with Crippen LogP contribution in [0.25, 0.3) is 22.6 Å². The number of carbonyl (C=O) groups excluding carboxylic acids is 1. The molecule has 0 aliphatic rings. The van der Waals surface area contributed by atoms with E-state index in [4.69, 9.17) is 9.15 Å². The molecule has 0 fully saturated rings. The van der Waals surface area contributed by atoms with E-state index in [1.165, 1.54) is 6.07 Å². The van der Waals surface area contributed by atoms with E-state index in [0.717, 1.165) is 9.13 Å². The van der Waals surface area contributed by atoms with Gasteiger partial charge in [0.05, 0.1) is 16.8 Å². The highest BCUT2D eigenvalue weighted by atomic mass is 127. The number of esters is 1. The summed E-state index contributed by atoms with van der Waals surface area (Å²) in [4.78, 5) is 21.2. The first-order valence-electron chi connectivity index (χ1n) is 10.3. The molecule has 7 heteroatoms. The Kier molecular flexibility index (Phi) is 6.18. The summed E-state index contributed by atoms with van der Waals surface area (Å²) < 4.78 is 26.0. The standard InChI is InChI=1S/C27H16FIN2O3/c28-22-7-3-1-5-20(22)26-31-24-15-18(11-14-25(24)34-26)30-16-17-9-12-19(13-10-17)33-27(32)21-6-2-4-8-23(21)29/h1-16H. The first-order valence-corrected chi connectivity index (χ1v) is 11.4. The van der Waals surface area contributed by atoms with Gasteiger partial charge in [-0.05, 0) is 94.9 Å². The van der Waals surface area contributed by atoms with Gasteiger partial charge in [-0.1, -0.05) is 24.3 Å². The van der Waals surface area contributed by atoms with Crippen molar-refractivity contribution in [1.29, 1.82) is 0 Å². The fourth-order valence-corrected chi connectivity index (χ4v) is 3.91. The largest absolute Gasteiger partial charge is 0.436 e. The van der Waals surface area contributed by atoms with Crippen molar-refractivity contribution in [3.8, 4) is 17.2 Å². The zero-order chi connectivity index (χ0) is 23.5. The van der Waals surface area contributed by atoms with Crippen LogP contribution in [-0.2, 0) is 0 Å². The number of rotatable bonds is 5. The molecule has 0 saturated carbocycles. The summed E-state index contributed by atoms with van der Waals surface area (Å²) in [7, 11) is 0. The van der Waals surface area contributed by atoms with Crippen molar-refractivity contribution in [3.63, 3.8) is 0 Å². The van der Waals surface area contributed by atoms with Crippen LogP contribution in [0.15, 0.2) is 100 Å². The summed E-state index contributed by atoms with van der Waals surface area (Å²) in [5.74, 6) is -0.113. The smallest absolute Gasteiger partial charge is 0.344 e. The van der Waals surface area contributed by atoms with Gasteiger partial charge in [0.15, 0.2) is 5.58 Å². The predicted molar refractivity (Wildman–Crippen MR) is 137 cm³/mol. The second-order valence-electron chi connectivity index (χ2n) is 7.35. The van der Waals surface area contributed by atoms with E-state index < -0.39 is 5.97 Å². The third-order valence-corrected chi connectivity index (χ3v) is 5.96. The van der Waals surface area contributed by atoms with E-state index in [9.17, 15) is 9.18 Å². The molecule has 0 aliphatic carbocycles. The molecule has 0 atom stereocenters. The van der Waals surface area contributed by atoms with Gasteiger partial charge in [0.25, 0.3) is 0 Å². The van der Waals surface area contributed by atoms with Gasteiger partial charge in [-0.2, -0.15) is 0 Å². The van der Waals surface area contributed by atoms with Gasteiger partial charge >= 0.3 is 5.97 Å². The Morgan fingerprint density at radius 2 is 1.74 bits per heavy atom. The predicted octanol–water partition coefficient (Wildman–Crippen LogP) is 7.21. The minimum atomic E-state index is -0.401. The highest BCUT2D eigenvalue weighted by Gasteiger charge is 2.13. The molecule has 1 heterocycles. The average Bonchev–Trinajstić information content (AvgIpc) is 3.27. The summed E-state index contributed by atoms with van der Waals surface area (Å²) in [5.41, 5.74) is 3.49. The van der Waals surface area contributed by atoms with Crippen LogP contribution in [0.5, 0.6) is 5.75 Å². The number of benzene rings is 4. The summed E-state index contributed by atoms with van der Waals surface area (Å²) >= 11 is 2.11. The fourth-order valence-electron chi connectivity index (χ4n) is 3.31. The average molecular weight is 562 g/mol. The number of fused-ring (bicyclic) bond motifs is 1. The molecule has 0 aliphatic heterocycles. The molecule has 0 spiro atoms. The number of aromatic nitrogens is 1. The van der Waals surface area contributed by atoms with Crippen LogP contribution in [0.4, 0.5) is 10.1 Å². The van der Waals surface area contributed by atoms with Crippen LogP contribution in [0.2, 0.25) is 0 Å². The Hall–Kier alpha value is -3.85. The van der Waals surface area contributed by atoms with Gasteiger partial charge in [-0.15, -0.1) is 0 Å². The SMILES string of the molecule is O=C(Oc1ccc(C=Nc2ccc3oc(-c4ccccc4F)nc3c2)cc1)c1ccccc1I. The van der Waals surface area contributed by atoms with Gasteiger partial charge in [-0.25, -0.2) is 14.2 Å². The number of hydrogen-bond donors (Lipinski definition) is 0. The van der Waals surface area contributed by atoms with Crippen LogP contribution in [0.3, 0.4) is 0 Å². The van der Waals surface area contributed by atoms with Crippen molar-refractivity contribution in [3.05, 3.63) is 112 Å². The topological polar surface area (TPSA) is 64.7 Å². The molecule has 4 aromatic carbocycles. The number of nitrogens with zero attached hydrogens (tertiary/aromatic N) is 2. The monoisotopic (exact) mass is 562 g/mol. The maximum atomic E-state index is 14.0. The summed E-state index contributed by atoms with van der Waals surface area (Å²) in [6.45, 7) is 0. The van der Waals surface area contributed by atoms with E-state index in [0.29, 0.717) is 33.7 Å². The van der Waals surface area contributed by atoms with Gasteiger partial charge in [-0.3, -0.25) is 4.99 Å². The van der Waals surface area contributed by atoms with Crippen LogP contribution in [-0.4, -0.2) is 17.2 Å². The third kappa shape index (κ3) is 4.74. The van der Waals surface area contributed by atoms with Crippen LogP contribution >= 0.6 is 22.6 Å². The molecule has 5 nitrogen and oxygen atoms in total. The second kappa shape index (κ2) is 9.56. The maximum absolute atomic E-state index is 14.0. The highest BCUT2D eigenvalue weighted by Crippen LogP contribution is 2.28. The van der Waals surface area contributed by atoms with Gasteiger partial charge < -0.3 is 9.15 Å². The van der Waals surface area contributed by atoms with E-state index in [1.54, 1.807) is 66.9 Å². The first-order chi connectivity index (χ1) is 16.6. The molecule has 1 aromatic heterocycles. The minimum absolute atomic E-state index is 0.226. The lowest BCUT2D eigenvalue weighted by Crippen LogP contribution is -2.10. The molecular formula is C27H16FIN2O3. The van der Waals surface area contributed by atoms with Crippen molar-refractivity contribution >= 4 is 51.6 Å². The molecule has 0 saturated heterocycles. The van der Waals surface area contributed by atoms with Gasteiger partial charge in [0.1, 0.15) is 17.1 Å². The minimum Gasteiger partial charge on any atom is -0.436 e. The number of hydrogen-bond acceptors (Lipinski definition) is 5. The lowest BCUT2D eigenvalue weighted by molar-refractivity contribution is 0.0733. The maximum Gasteiger partial charge on any atom is 0.344 e. The Labute approximate surface area is 208 Å². The number of oxazole rings is 1. The van der Waals surface area contributed by atoms with Crippen molar-refractivity contribution in [2.75, 3.05) is 0 Å². The molecule has 5 aromatic rings. The molecule has 0 bridgehead atoms. The zero-order valence-corrected chi connectivity index (χ0v) is 19.8. The van der Waals surface area contributed by atoms with Crippen molar-refractivity contribution in [2.45, 2.75) is 0 Å². The number of ether oxygens (including phenoxy) is 1. The number of aliphatic imine (C=N–C) groups is 1. The molecule has 5 rings (SSSR count). The zero-order valence-electron chi connectivity index (χ0n) is 17.6. The van der Waals surface area contributed by atoms with Crippen LogP contribution in [0, 0.1) is 9.39 Å². The van der Waals surface area contributed by atoms with Crippen LogP contribution in [0.1, 0.15) is 15.9 Å². The Bertz CT molecular complexity index is 1530. The summed E-state index contributed by atoms with van der Waals surface area (Å²) in [6.07, 6.45) is 1.70. The van der Waals surface area contributed by atoms with Crippen molar-refractivity contribution in [2.24, 2.45) is 4.99 Å². The van der Waals surface area contributed by atoms with E-state index in [-0.39, 0.29) is 11.7 Å². The van der Waals surface area contributed by atoms with E-state index >= 15 is 0 Å². The molecule has 166 valence electrons. The molecular weight excluding hydrogens is 546 g/mol. The molecule has 34 heavy (non-hydrogen) atoms. The number of halogens is 2. The Morgan fingerprint density at radius 1 is 0.971 bits per heavy atom. The molecule has 0 unspecified atom stereocenters. The fraction of sp³-hybridized carbons (Fsp3) is 0. The highest BCUT2D eigenvalue weighted by molar-refractivity contribution is 14.1. The normalized spacial score (nSPS) is 11.2. The van der Waals surface area contributed by atoms with Crippen molar-refractivity contribution < 1.29 is 18.3 Å². The molecule has 0 radical (unpaired) electrons. The van der Waals surface area contributed by atoms with E-state index in [1.807, 2.05) is 24.3 Å². The quantitative estimate of drug-likeness (QED) is 0.0984. The van der Waals surface area contributed by atoms with Gasteiger partial charge in [0, 0.05) is 9.78 Å². The van der Waals surface area contributed by atoms with Gasteiger partial charge in [0.2, 0.25) is 5.89 Å².